The molecule has 0 aliphatic heterocycles. The van der Waals surface area contributed by atoms with E-state index >= 15 is 0 Å². The number of hydrogen-bond acceptors (Lipinski definition) is 3. The molecule has 1 aliphatic carbocycles. The van der Waals surface area contributed by atoms with Crippen molar-refractivity contribution < 1.29 is 5.11 Å². The number of aryl methyl sites for hydroxylation is 1. The van der Waals surface area contributed by atoms with Gasteiger partial charge in [0.15, 0.2) is 0 Å². The van der Waals surface area contributed by atoms with Crippen LogP contribution in [0.2, 0.25) is 0 Å². The minimum Gasteiger partial charge on any atom is -0.394 e. The predicted octanol–water partition coefficient (Wildman–Crippen LogP) is 2.96. The Balaban J connectivity index is 2.19. The molecule has 0 bridgehead atoms. The molecule has 1 aromatic rings. The molecule has 1 fully saturated rings. The van der Waals surface area contributed by atoms with E-state index in [0.717, 1.165) is 26.1 Å². The van der Waals surface area contributed by atoms with E-state index in [0.29, 0.717) is 5.92 Å². The topological polar surface area (TPSA) is 35.5 Å². The fourth-order valence-electron chi connectivity index (χ4n) is 3.20. The highest BCUT2D eigenvalue weighted by atomic mass is 16.3. The number of aliphatic hydroxyl groups is 1. The average molecular weight is 290 g/mol. The molecule has 0 heterocycles. The van der Waals surface area contributed by atoms with Crippen molar-refractivity contribution in [2.24, 2.45) is 5.92 Å². The predicted molar refractivity (Wildman–Crippen MR) is 89.9 cm³/mol. The molecular formula is C18H30N2O. The highest BCUT2D eigenvalue weighted by molar-refractivity contribution is 5.53. The van der Waals surface area contributed by atoms with Crippen LogP contribution in [0.5, 0.6) is 0 Å². The normalized spacial score (nSPS) is 17.5. The highest BCUT2D eigenvalue weighted by Gasteiger charge is 2.45. The van der Waals surface area contributed by atoms with Crippen LogP contribution in [-0.2, 0) is 0 Å². The average Bonchev–Trinajstić information content (AvgIpc) is 3.34. The van der Waals surface area contributed by atoms with E-state index in [9.17, 15) is 5.11 Å². The Morgan fingerprint density at radius 1 is 1.29 bits per heavy atom. The number of aliphatic hydroxyl groups excluding tert-OH is 1. The minimum absolute atomic E-state index is 0.145. The number of nitrogens with one attached hydrogen (secondary N) is 1. The molecule has 0 saturated heterocycles. The number of hydrogen-bond donors (Lipinski definition) is 2. The monoisotopic (exact) mass is 290 g/mol. The number of likely N-dealkylation sites (N-methyl/N-ethyl adjacent to an activating group) is 1. The zero-order valence-electron chi connectivity index (χ0n) is 13.7. The number of anilines is 1. The van der Waals surface area contributed by atoms with Gasteiger partial charge in [0, 0.05) is 18.8 Å². The molecule has 2 N–H and O–H groups in total. The van der Waals surface area contributed by atoms with E-state index in [1.54, 1.807) is 0 Å². The van der Waals surface area contributed by atoms with E-state index in [1.807, 2.05) is 0 Å². The summed E-state index contributed by atoms with van der Waals surface area (Å²) < 4.78 is 0. The molecule has 1 saturated carbocycles. The third-order valence-electron chi connectivity index (χ3n) is 4.68. The molecule has 1 aliphatic rings. The van der Waals surface area contributed by atoms with Gasteiger partial charge in [-0.15, -0.1) is 0 Å². The molecule has 1 aromatic carbocycles. The second kappa shape index (κ2) is 7.28. The van der Waals surface area contributed by atoms with Gasteiger partial charge < -0.3 is 15.3 Å². The summed E-state index contributed by atoms with van der Waals surface area (Å²) in [6.45, 7) is 9.59. The van der Waals surface area contributed by atoms with Gasteiger partial charge in [-0.2, -0.15) is 0 Å². The Labute approximate surface area is 129 Å². The van der Waals surface area contributed by atoms with Gasteiger partial charge in [-0.25, -0.2) is 0 Å². The molecule has 0 amide bonds. The summed E-state index contributed by atoms with van der Waals surface area (Å²) in [5, 5.41) is 13.7. The third kappa shape index (κ3) is 3.78. The second-order valence-corrected chi connectivity index (χ2v) is 6.32. The second-order valence-electron chi connectivity index (χ2n) is 6.32. The van der Waals surface area contributed by atoms with Crippen LogP contribution in [0, 0.1) is 12.8 Å². The van der Waals surface area contributed by atoms with E-state index in [1.165, 1.54) is 24.1 Å². The van der Waals surface area contributed by atoms with E-state index in [-0.39, 0.29) is 12.1 Å². The lowest BCUT2D eigenvalue weighted by atomic mass is 9.92. The largest absolute Gasteiger partial charge is 0.394 e. The Morgan fingerprint density at radius 3 is 2.52 bits per heavy atom. The maximum absolute atomic E-state index is 10.1. The van der Waals surface area contributed by atoms with Crippen molar-refractivity contribution in [2.45, 2.75) is 45.6 Å². The first-order chi connectivity index (χ1) is 10.2. The molecular weight excluding hydrogens is 260 g/mol. The van der Waals surface area contributed by atoms with Gasteiger partial charge in [0.05, 0.1) is 12.1 Å². The third-order valence-corrected chi connectivity index (χ3v) is 4.68. The first kappa shape index (κ1) is 16.3. The smallest absolute Gasteiger partial charge is 0.0633 e. The minimum atomic E-state index is -0.145. The number of nitrogens with zero attached hydrogens (tertiary/aromatic N) is 1. The van der Waals surface area contributed by atoms with Crippen LogP contribution in [0.1, 0.15) is 38.7 Å². The van der Waals surface area contributed by atoms with Crippen molar-refractivity contribution in [3.63, 3.8) is 0 Å². The Bertz CT molecular complexity index is 445. The van der Waals surface area contributed by atoms with E-state index < -0.39 is 0 Å². The Hall–Kier alpha value is -1.06. The summed E-state index contributed by atoms with van der Waals surface area (Å²) in [6, 6.07) is 8.54. The SMILES string of the molecule is CCCNC(CO)(CN(CC)c1ccccc1C)C1CC1. The standard InChI is InChI=1S/C18H30N2O/c1-4-12-19-18(14-21,16-10-11-16)13-20(5-2)17-9-7-6-8-15(17)3/h6-9,16,19,21H,4-5,10-14H2,1-3H3. The van der Waals surface area contributed by atoms with Crippen molar-refractivity contribution >= 4 is 5.69 Å². The van der Waals surface area contributed by atoms with Crippen molar-refractivity contribution in [1.82, 2.24) is 5.32 Å². The van der Waals surface area contributed by atoms with Crippen LogP contribution in [0.3, 0.4) is 0 Å². The van der Waals surface area contributed by atoms with Crippen LogP contribution in [0.25, 0.3) is 0 Å². The molecule has 118 valence electrons. The van der Waals surface area contributed by atoms with Gasteiger partial charge in [0.2, 0.25) is 0 Å². The summed E-state index contributed by atoms with van der Waals surface area (Å²) >= 11 is 0. The van der Waals surface area contributed by atoms with Gasteiger partial charge in [0.25, 0.3) is 0 Å². The molecule has 1 atom stereocenters. The maximum Gasteiger partial charge on any atom is 0.0633 e. The fraction of sp³-hybridized carbons (Fsp3) is 0.667. The lowest BCUT2D eigenvalue weighted by molar-refractivity contribution is 0.144. The Morgan fingerprint density at radius 2 is 2.00 bits per heavy atom. The van der Waals surface area contributed by atoms with Crippen LogP contribution >= 0.6 is 0 Å². The van der Waals surface area contributed by atoms with Crippen LogP contribution in [-0.4, -0.2) is 36.9 Å². The van der Waals surface area contributed by atoms with Gasteiger partial charge in [0.1, 0.15) is 0 Å². The number of para-hydroxylation sites is 1. The Kier molecular flexibility index (Phi) is 5.65. The summed E-state index contributed by atoms with van der Waals surface area (Å²) in [6.07, 6.45) is 3.58. The highest BCUT2D eigenvalue weighted by Crippen LogP contribution is 2.40. The van der Waals surface area contributed by atoms with Gasteiger partial charge >= 0.3 is 0 Å². The first-order valence-corrected chi connectivity index (χ1v) is 8.33. The summed E-state index contributed by atoms with van der Waals surface area (Å²) in [5.41, 5.74) is 2.45. The van der Waals surface area contributed by atoms with Crippen LogP contribution < -0.4 is 10.2 Å². The van der Waals surface area contributed by atoms with Gasteiger partial charge in [-0.1, -0.05) is 25.1 Å². The molecule has 0 radical (unpaired) electrons. The zero-order valence-corrected chi connectivity index (χ0v) is 13.7. The summed E-state index contributed by atoms with van der Waals surface area (Å²) in [7, 11) is 0. The van der Waals surface area contributed by atoms with Crippen molar-refractivity contribution in [2.75, 3.05) is 31.1 Å². The lowest BCUT2D eigenvalue weighted by Gasteiger charge is -2.39. The molecule has 3 nitrogen and oxygen atoms in total. The molecule has 2 rings (SSSR count). The van der Waals surface area contributed by atoms with Gasteiger partial charge in [-0.3, -0.25) is 0 Å². The van der Waals surface area contributed by atoms with Crippen molar-refractivity contribution in [1.29, 1.82) is 0 Å². The first-order valence-electron chi connectivity index (χ1n) is 8.33. The van der Waals surface area contributed by atoms with Crippen LogP contribution in [0.15, 0.2) is 24.3 Å². The lowest BCUT2D eigenvalue weighted by Crippen LogP contribution is -2.58. The fourth-order valence-corrected chi connectivity index (χ4v) is 3.20. The quantitative estimate of drug-likeness (QED) is 0.734. The van der Waals surface area contributed by atoms with E-state index in [2.05, 4.69) is 55.3 Å². The molecule has 21 heavy (non-hydrogen) atoms. The van der Waals surface area contributed by atoms with Gasteiger partial charge in [-0.05, 0) is 57.2 Å². The number of benzene rings is 1. The van der Waals surface area contributed by atoms with Crippen molar-refractivity contribution in [3.05, 3.63) is 29.8 Å². The molecule has 1 unspecified atom stereocenters. The zero-order chi connectivity index (χ0) is 15.3. The number of rotatable bonds is 9. The van der Waals surface area contributed by atoms with Crippen LogP contribution in [0.4, 0.5) is 5.69 Å². The molecule has 0 aromatic heterocycles. The summed E-state index contributed by atoms with van der Waals surface area (Å²) in [4.78, 5) is 2.41. The summed E-state index contributed by atoms with van der Waals surface area (Å²) in [5.74, 6) is 0.618. The molecule has 3 heteroatoms. The van der Waals surface area contributed by atoms with Crippen molar-refractivity contribution in [3.8, 4) is 0 Å². The van der Waals surface area contributed by atoms with E-state index in [4.69, 9.17) is 0 Å². The maximum atomic E-state index is 10.1. The molecule has 0 spiro atoms.